The molecular formula is C20H25N5O. The number of amides is 1. The number of likely N-dealkylation sites (tertiary alicyclic amines) is 1. The van der Waals surface area contributed by atoms with E-state index in [0.29, 0.717) is 5.82 Å². The number of fused-ring (bicyclic) bond motifs is 1. The van der Waals surface area contributed by atoms with Gasteiger partial charge in [0, 0.05) is 24.3 Å². The molecule has 0 aliphatic carbocycles. The second-order valence-electron chi connectivity index (χ2n) is 7.31. The molecule has 2 aliphatic heterocycles. The highest BCUT2D eigenvalue weighted by Gasteiger charge is 2.31. The van der Waals surface area contributed by atoms with Crippen molar-refractivity contribution < 1.29 is 4.79 Å². The molecule has 2 fully saturated rings. The number of anilines is 2. The predicted octanol–water partition coefficient (Wildman–Crippen LogP) is 2.60. The molecule has 1 aromatic carbocycles. The van der Waals surface area contributed by atoms with Gasteiger partial charge in [0.05, 0.1) is 5.69 Å². The van der Waals surface area contributed by atoms with Gasteiger partial charge in [0.2, 0.25) is 0 Å². The zero-order valence-electron chi connectivity index (χ0n) is 15.1. The number of carbonyl (C=O) groups excluding carboxylic acids is 1. The quantitative estimate of drug-likeness (QED) is 0.889. The lowest BCUT2D eigenvalue weighted by atomic mass is 9.92. The van der Waals surface area contributed by atoms with Crippen molar-refractivity contribution in [2.45, 2.75) is 19.8 Å². The Morgan fingerprint density at radius 2 is 1.88 bits per heavy atom. The van der Waals surface area contributed by atoms with E-state index in [0.717, 1.165) is 67.8 Å². The van der Waals surface area contributed by atoms with Gasteiger partial charge in [0.1, 0.15) is 0 Å². The van der Waals surface area contributed by atoms with Crippen LogP contribution in [0, 0.1) is 18.8 Å². The fourth-order valence-corrected chi connectivity index (χ4v) is 3.95. The average molecular weight is 351 g/mol. The van der Waals surface area contributed by atoms with Gasteiger partial charge in [-0.25, -0.2) is 0 Å². The smallest absolute Gasteiger partial charge is 0.253 e. The monoisotopic (exact) mass is 351 g/mol. The van der Waals surface area contributed by atoms with Gasteiger partial charge >= 0.3 is 0 Å². The van der Waals surface area contributed by atoms with Crippen LogP contribution < -0.4 is 10.6 Å². The average Bonchev–Trinajstić information content (AvgIpc) is 3.02. The number of hydrogen-bond acceptors (Lipinski definition) is 5. The zero-order valence-corrected chi connectivity index (χ0v) is 15.1. The first-order valence-corrected chi connectivity index (χ1v) is 9.36. The molecule has 2 aliphatic rings. The van der Waals surface area contributed by atoms with Crippen LogP contribution in [0.4, 0.5) is 11.5 Å². The molecule has 0 radical (unpaired) electrons. The molecule has 26 heavy (non-hydrogen) atoms. The lowest BCUT2D eigenvalue weighted by molar-refractivity contribution is 0.0758. The number of aryl methyl sites for hydroxylation is 1. The number of hydrogen-bond donors (Lipinski definition) is 2. The van der Waals surface area contributed by atoms with Crippen molar-refractivity contribution in [2.75, 3.05) is 31.5 Å². The van der Waals surface area contributed by atoms with Gasteiger partial charge in [-0.3, -0.25) is 4.79 Å². The molecule has 4 rings (SSSR count). The Labute approximate surface area is 154 Å². The van der Waals surface area contributed by atoms with Gasteiger partial charge < -0.3 is 15.5 Å². The maximum absolute atomic E-state index is 13.0. The van der Waals surface area contributed by atoms with Crippen molar-refractivity contribution in [3.63, 3.8) is 0 Å². The molecular weight excluding hydrogens is 326 g/mol. The molecule has 6 nitrogen and oxygen atoms in total. The fraction of sp³-hybridized carbons (Fsp3) is 0.450. The van der Waals surface area contributed by atoms with Crippen LogP contribution in [0.25, 0.3) is 0 Å². The van der Waals surface area contributed by atoms with Gasteiger partial charge in [-0.05, 0) is 75.0 Å². The van der Waals surface area contributed by atoms with Crippen LogP contribution in [0.2, 0.25) is 0 Å². The summed E-state index contributed by atoms with van der Waals surface area (Å²) in [6.45, 7) is 5.81. The SMILES string of the molecule is Cc1ccc(Nc2cccc(C(=O)N3CC[C@@H]4CNC[C@@H]4CC3)c2)nn1. The standard InChI is InChI=1S/C20H25N5O/c1-14-5-6-19(24-23-14)22-18-4-2-3-15(11-18)20(26)25-9-7-16-12-21-13-17(16)8-10-25/h2-6,11,16-17,21H,7-10,12-13H2,1H3,(H,22,24)/t16-,17+. The highest BCUT2D eigenvalue weighted by Crippen LogP contribution is 2.28. The first kappa shape index (κ1) is 17.0. The molecule has 2 N–H and O–H groups in total. The number of nitrogens with zero attached hydrogens (tertiary/aromatic N) is 3. The summed E-state index contributed by atoms with van der Waals surface area (Å²) in [6, 6.07) is 11.4. The summed E-state index contributed by atoms with van der Waals surface area (Å²) in [5.74, 6) is 2.24. The third-order valence-electron chi connectivity index (χ3n) is 5.49. The zero-order chi connectivity index (χ0) is 17.9. The van der Waals surface area contributed by atoms with E-state index in [9.17, 15) is 4.79 Å². The molecule has 1 amide bonds. The molecule has 3 heterocycles. The minimum atomic E-state index is 0.122. The third kappa shape index (κ3) is 3.70. The number of benzene rings is 1. The minimum Gasteiger partial charge on any atom is -0.339 e. The Bertz CT molecular complexity index is 762. The lowest BCUT2D eigenvalue weighted by Crippen LogP contribution is -2.32. The highest BCUT2D eigenvalue weighted by molar-refractivity contribution is 5.95. The Balaban J connectivity index is 1.45. The van der Waals surface area contributed by atoms with Crippen molar-refractivity contribution in [1.82, 2.24) is 20.4 Å². The van der Waals surface area contributed by atoms with E-state index < -0.39 is 0 Å². The first-order chi connectivity index (χ1) is 12.7. The number of aromatic nitrogens is 2. The molecule has 0 bridgehead atoms. The van der Waals surface area contributed by atoms with E-state index in [1.54, 1.807) is 0 Å². The summed E-state index contributed by atoms with van der Waals surface area (Å²) in [7, 11) is 0. The predicted molar refractivity (Wildman–Crippen MR) is 101 cm³/mol. The van der Waals surface area contributed by atoms with Crippen LogP contribution in [0.5, 0.6) is 0 Å². The molecule has 0 unspecified atom stereocenters. The maximum Gasteiger partial charge on any atom is 0.253 e. The van der Waals surface area contributed by atoms with Crippen LogP contribution in [-0.4, -0.2) is 47.2 Å². The Kier molecular flexibility index (Phi) is 4.84. The van der Waals surface area contributed by atoms with Crippen LogP contribution in [0.15, 0.2) is 36.4 Å². The molecule has 2 saturated heterocycles. The first-order valence-electron chi connectivity index (χ1n) is 9.36. The molecule has 6 heteroatoms. The molecule has 0 spiro atoms. The Morgan fingerprint density at radius 3 is 2.58 bits per heavy atom. The molecule has 136 valence electrons. The number of carbonyl (C=O) groups is 1. The third-order valence-corrected chi connectivity index (χ3v) is 5.49. The van der Waals surface area contributed by atoms with E-state index in [-0.39, 0.29) is 5.91 Å². The van der Waals surface area contributed by atoms with E-state index in [1.807, 2.05) is 48.2 Å². The van der Waals surface area contributed by atoms with Gasteiger partial charge in [0.15, 0.2) is 5.82 Å². The maximum atomic E-state index is 13.0. The molecule has 2 aromatic rings. The molecule has 1 aromatic heterocycles. The van der Waals surface area contributed by atoms with Crippen LogP contribution in [0.3, 0.4) is 0 Å². The topological polar surface area (TPSA) is 70.2 Å². The number of rotatable bonds is 3. The lowest BCUT2D eigenvalue weighted by Gasteiger charge is -2.21. The summed E-state index contributed by atoms with van der Waals surface area (Å²) in [4.78, 5) is 15.0. The minimum absolute atomic E-state index is 0.122. The summed E-state index contributed by atoms with van der Waals surface area (Å²) in [6.07, 6.45) is 2.20. The van der Waals surface area contributed by atoms with Crippen LogP contribution in [0.1, 0.15) is 28.9 Å². The second-order valence-corrected chi connectivity index (χ2v) is 7.31. The van der Waals surface area contributed by atoms with Crippen LogP contribution >= 0.6 is 0 Å². The van der Waals surface area contributed by atoms with Crippen molar-refractivity contribution in [2.24, 2.45) is 11.8 Å². The Hall–Kier alpha value is -2.47. The van der Waals surface area contributed by atoms with Gasteiger partial charge in [-0.1, -0.05) is 6.07 Å². The molecule has 0 saturated carbocycles. The fourth-order valence-electron chi connectivity index (χ4n) is 3.95. The second kappa shape index (κ2) is 7.41. The number of nitrogens with one attached hydrogen (secondary N) is 2. The van der Waals surface area contributed by atoms with Gasteiger partial charge in [-0.15, -0.1) is 5.10 Å². The summed E-state index contributed by atoms with van der Waals surface area (Å²) in [5.41, 5.74) is 2.45. The van der Waals surface area contributed by atoms with Crippen molar-refractivity contribution >= 4 is 17.4 Å². The van der Waals surface area contributed by atoms with Crippen LogP contribution in [-0.2, 0) is 0 Å². The van der Waals surface area contributed by atoms with Crippen molar-refractivity contribution in [1.29, 1.82) is 0 Å². The van der Waals surface area contributed by atoms with E-state index in [2.05, 4.69) is 20.8 Å². The van der Waals surface area contributed by atoms with Gasteiger partial charge in [-0.2, -0.15) is 5.10 Å². The normalized spacial score (nSPS) is 22.6. The molecule has 2 atom stereocenters. The van der Waals surface area contributed by atoms with Gasteiger partial charge in [0.25, 0.3) is 5.91 Å². The summed E-state index contributed by atoms with van der Waals surface area (Å²) < 4.78 is 0. The van der Waals surface area contributed by atoms with E-state index in [4.69, 9.17) is 0 Å². The van der Waals surface area contributed by atoms with E-state index in [1.165, 1.54) is 0 Å². The summed E-state index contributed by atoms with van der Waals surface area (Å²) in [5, 5.41) is 14.9. The highest BCUT2D eigenvalue weighted by atomic mass is 16.2. The van der Waals surface area contributed by atoms with Crippen molar-refractivity contribution in [3.8, 4) is 0 Å². The van der Waals surface area contributed by atoms with E-state index >= 15 is 0 Å². The summed E-state index contributed by atoms with van der Waals surface area (Å²) >= 11 is 0. The van der Waals surface area contributed by atoms with Crippen molar-refractivity contribution in [3.05, 3.63) is 47.7 Å². The largest absolute Gasteiger partial charge is 0.339 e. The Morgan fingerprint density at radius 1 is 1.12 bits per heavy atom.